The maximum Gasteiger partial charge on any atom is 0.490 e. The van der Waals surface area contributed by atoms with Crippen molar-refractivity contribution in [3.05, 3.63) is 53.6 Å². The van der Waals surface area contributed by atoms with Gasteiger partial charge < -0.3 is 15.1 Å². The van der Waals surface area contributed by atoms with E-state index in [1.807, 2.05) is 31.7 Å². The number of benzene rings is 2. The molecule has 188 valence electrons. The highest BCUT2D eigenvalue weighted by Gasteiger charge is 2.38. The first kappa shape index (κ1) is 28.8. The standard InChI is InChI=1S/C20H26N2O4S.C2HF3O2/c1-4-11-22(12-5-2)19-10-9-16(14-18(19)20(23)24)21-27(25,26)17-8-6-7-15(3)13-17;3-2(4,5)1(6)7/h6-10,13-14,21H,4-5,11-12H2,1-3H3,(H,23,24);(H,6,7). The average molecular weight is 505 g/mol. The number of sulfonamides is 1. The highest BCUT2D eigenvalue weighted by molar-refractivity contribution is 7.92. The first-order valence-electron chi connectivity index (χ1n) is 10.2. The summed E-state index contributed by atoms with van der Waals surface area (Å²) in [6.07, 6.45) is -3.30. The number of aromatic carboxylic acids is 1. The van der Waals surface area contributed by atoms with Crippen LogP contribution >= 0.6 is 0 Å². The summed E-state index contributed by atoms with van der Waals surface area (Å²) in [5.74, 6) is -3.84. The van der Waals surface area contributed by atoms with Gasteiger partial charge in [-0.15, -0.1) is 0 Å². The smallest absolute Gasteiger partial charge is 0.478 e. The normalized spacial score (nSPS) is 11.2. The van der Waals surface area contributed by atoms with Gasteiger partial charge in [-0.05, 0) is 55.7 Å². The Kier molecular flexibility index (Phi) is 10.4. The predicted molar refractivity (Wildman–Crippen MR) is 122 cm³/mol. The molecule has 34 heavy (non-hydrogen) atoms. The van der Waals surface area contributed by atoms with Crippen molar-refractivity contribution in [2.24, 2.45) is 0 Å². The Morgan fingerprint density at radius 2 is 1.56 bits per heavy atom. The van der Waals surface area contributed by atoms with Gasteiger partial charge in [0.2, 0.25) is 0 Å². The van der Waals surface area contributed by atoms with Crippen molar-refractivity contribution in [3.8, 4) is 0 Å². The van der Waals surface area contributed by atoms with Gasteiger partial charge in [0.25, 0.3) is 10.0 Å². The Hall–Kier alpha value is -3.28. The summed E-state index contributed by atoms with van der Waals surface area (Å²) >= 11 is 0. The minimum absolute atomic E-state index is 0.0846. The number of aryl methyl sites for hydroxylation is 1. The van der Waals surface area contributed by atoms with Crippen molar-refractivity contribution in [2.45, 2.75) is 44.7 Å². The summed E-state index contributed by atoms with van der Waals surface area (Å²) in [5.41, 5.74) is 1.74. The van der Waals surface area contributed by atoms with Crippen LogP contribution in [0.15, 0.2) is 47.4 Å². The van der Waals surface area contributed by atoms with E-state index < -0.39 is 28.1 Å². The molecule has 2 aromatic carbocycles. The Bertz CT molecular complexity index is 1100. The monoisotopic (exact) mass is 504 g/mol. The SMILES string of the molecule is CCCN(CCC)c1ccc(NS(=O)(=O)c2cccc(C)c2)cc1C(=O)O.O=C(O)C(F)(F)F. The molecular formula is C22H27F3N2O6S. The van der Waals surface area contributed by atoms with Gasteiger partial charge in [0.05, 0.1) is 16.1 Å². The van der Waals surface area contributed by atoms with Crippen LogP contribution in [0.25, 0.3) is 0 Å². The molecule has 0 heterocycles. The lowest BCUT2D eigenvalue weighted by atomic mass is 10.1. The molecule has 0 fully saturated rings. The van der Waals surface area contributed by atoms with Crippen LogP contribution in [0.5, 0.6) is 0 Å². The van der Waals surface area contributed by atoms with Gasteiger partial charge in [-0.25, -0.2) is 18.0 Å². The summed E-state index contributed by atoms with van der Waals surface area (Å²) in [6, 6.07) is 11.2. The molecule has 0 spiro atoms. The maximum absolute atomic E-state index is 12.6. The van der Waals surface area contributed by atoms with Crippen LogP contribution in [-0.2, 0) is 14.8 Å². The number of rotatable bonds is 9. The van der Waals surface area contributed by atoms with Crippen molar-refractivity contribution in [1.29, 1.82) is 0 Å². The number of aliphatic carboxylic acids is 1. The van der Waals surface area contributed by atoms with E-state index in [-0.39, 0.29) is 16.1 Å². The van der Waals surface area contributed by atoms with Crippen molar-refractivity contribution >= 4 is 33.3 Å². The lowest BCUT2D eigenvalue weighted by molar-refractivity contribution is -0.192. The van der Waals surface area contributed by atoms with E-state index >= 15 is 0 Å². The summed E-state index contributed by atoms with van der Waals surface area (Å²) in [4.78, 5) is 22.8. The minimum atomic E-state index is -5.08. The predicted octanol–water partition coefficient (Wildman–Crippen LogP) is 4.75. The summed E-state index contributed by atoms with van der Waals surface area (Å²) in [7, 11) is -3.79. The Morgan fingerprint density at radius 1 is 1.00 bits per heavy atom. The third kappa shape index (κ3) is 8.58. The van der Waals surface area contributed by atoms with E-state index in [9.17, 15) is 31.5 Å². The van der Waals surface area contributed by atoms with Crippen LogP contribution < -0.4 is 9.62 Å². The quantitative estimate of drug-likeness (QED) is 0.450. The maximum atomic E-state index is 12.6. The molecule has 0 bridgehead atoms. The number of alkyl halides is 3. The van der Waals surface area contributed by atoms with Crippen LogP contribution in [0.2, 0.25) is 0 Å². The number of anilines is 2. The highest BCUT2D eigenvalue weighted by Crippen LogP contribution is 2.27. The van der Waals surface area contributed by atoms with Gasteiger partial charge in [-0.3, -0.25) is 4.72 Å². The zero-order valence-corrected chi connectivity index (χ0v) is 19.7. The van der Waals surface area contributed by atoms with E-state index in [0.717, 1.165) is 31.5 Å². The molecule has 2 aromatic rings. The number of nitrogens with zero attached hydrogens (tertiary/aromatic N) is 1. The van der Waals surface area contributed by atoms with Crippen LogP contribution in [0.3, 0.4) is 0 Å². The van der Waals surface area contributed by atoms with Gasteiger partial charge >= 0.3 is 18.1 Å². The number of carbonyl (C=O) groups is 2. The van der Waals surface area contributed by atoms with Gasteiger partial charge in [0, 0.05) is 18.8 Å². The lowest BCUT2D eigenvalue weighted by Gasteiger charge is -2.25. The van der Waals surface area contributed by atoms with Crippen LogP contribution in [0.1, 0.15) is 42.6 Å². The molecule has 2 rings (SSSR count). The van der Waals surface area contributed by atoms with E-state index in [2.05, 4.69) is 4.72 Å². The van der Waals surface area contributed by atoms with Crippen molar-refractivity contribution in [1.82, 2.24) is 0 Å². The number of carboxylic acid groups (broad SMARTS) is 2. The van der Waals surface area contributed by atoms with Crippen molar-refractivity contribution in [2.75, 3.05) is 22.7 Å². The van der Waals surface area contributed by atoms with E-state index in [4.69, 9.17) is 9.90 Å². The van der Waals surface area contributed by atoms with Crippen LogP contribution in [0.4, 0.5) is 24.5 Å². The fourth-order valence-electron chi connectivity index (χ4n) is 2.94. The lowest BCUT2D eigenvalue weighted by Crippen LogP contribution is -2.27. The Labute approximate surface area is 196 Å². The fourth-order valence-corrected chi connectivity index (χ4v) is 4.09. The van der Waals surface area contributed by atoms with E-state index in [1.165, 1.54) is 12.1 Å². The molecule has 3 N–H and O–H groups in total. The Balaban J connectivity index is 0.000000718. The minimum Gasteiger partial charge on any atom is -0.478 e. The summed E-state index contributed by atoms with van der Waals surface area (Å²) < 4.78 is 59.4. The van der Waals surface area contributed by atoms with Gasteiger partial charge in [-0.2, -0.15) is 13.2 Å². The van der Waals surface area contributed by atoms with Gasteiger partial charge in [0.15, 0.2) is 0 Å². The number of hydrogen-bond donors (Lipinski definition) is 3. The molecule has 0 unspecified atom stereocenters. The van der Waals surface area contributed by atoms with Gasteiger partial charge in [0.1, 0.15) is 0 Å². The molecule has 0 radical (unpaired) electrons. The molecule has 0 aliphatic heterocycles. The average Bonchev–Trinajstić information content (AvgIpc) is 2.73. The van der Waals surface area contributed by atoms with Gasteiger partial charge in [-0.1, -0.05) is 26.0 Å². The second kappa shape index (κ2) is 12.3. The first-order chi connectivity index (χ1) is 15.7. The summed E-state index contributed by atoms with van der Waals surface area (Å²) in [5, 5.41) is 16.7. The molecule has 0 atom stereocenters. The molecule has 0 aliphatic rings. The zero-order chi connectivity index (χ0) is 26.1. The Morgan fingerprint density at radius 3 is 2.00 bits per heavy atom. The van der Waals surface area contributed by atoms with Crippen molar-refractivity contribution in [3.63, 3.8) is 0 Å². The highest BCUT2D eigenvalue weighted by atomic mass is 32.2. The van der Waals surface area contributed by atoms with Crippen LogP contribution in [-0.4, -0.2) is 49.8 Å². The molecule has 0 saturated carbocycles. The molecular weight excluding hydrogens is 477 g/mol. The second-order valence-electron chi connectivity index (χ2n) is 7.25. The fraction of sp³-hybridized carbons (Fsp3) is 0.364. The third-order valence-electron chi connectivity index (χ3n) is 4.35. The first-order valence-corrected chi connectivity index (χ1v) is 11.7. The molecule has 0 saturated heterocycles. The number of hydrogen-bond acceptors (Lipinski definition) is 5. The largest absolute Gasteiger partial charge is 0.490 e. The third-order valence-corrected chi connectivity index (χ3v) is 5.73. The number of carboxylic acids is 2. The second-order valence-corrected chi connectivity index (χ2v) is 8.93. The number of halogens is 3. The molecule has 8 nitrogen and oxygen atoms in total. The molecule has 0 aromatic heterocycles. The molecule has 0 amide bonds. The summed E-state index contributed by atoms with van der Waals surface area (Å²) in [6.45, 7) is 7.36. The topological polar surface area (TPSA) is 124 Å². The van der Waals surface area contributed by atoms with E-state index in [1.54, 1.807) is 24.3 Å². The van der Waals surface area contributed by atoms with Crippen LogP contribution in [0, 0.1) is 6.92 Å². The molecule has 0 aliphatic carbocycles. The molecule has 12 heteroatoms. The number of nitrogens with one attached hydrogen (secondary N) is 1. The zero-order valence-electron chi connectivity index (χ0n) is 18.9. The van der Waals surface area contributed by atoms with E-state index in [0.29, 0.717) is 5.69 Å². The van der Waals surface area contributed by atoms with Crippen molar-refractivity contribution < 1.29 is 41.4 Å².